The van der Waals surface area contributed by atoms with Crippen LogP contribution in [0.15, 0.2) is 0 Å². The van der Waals surface area contributed by atoms with E-state index in [1.165, 1.54) is 0 Å². The van der Waals surface area contributed by atoms with E-state index in [0.717, 1.165) is 0 Å². The summed E-state index contributed by atoms with van der Waals surface area (Å²) in [5.74, 6) is 0. The Balaban J connectivity index is 4.75. The van der Waals surface area contributed by atoms with Gasteiger partial charge in [-0.25, -0.2) is 0 Å². The third-order valence-corrected chi connectivity index (χ3v) is 53.4. The van der Waals surface area contributed by atoms with E-state index in [0.29, 0.717) is 0 Å². The van der Waals surface area contributed by atoms with Gasteiger partial charge in [0.15, 0.2) is 0 Å². The quantitative estimate of drug-likeness (QED) is 0.533. The van der Waals surface area contributed by atoms with Crippen LogP contribution in [-0.4, -0.2) is 18.8 Å². The summed E-state index contributed by atoms with van der Waals surface area (Å²) in [6.45, 7) is 5.42. The van der Waals surface area contributed by atoms with Crippen LogP contribution < -0.4 is 0 Å². The Bertz CT molecular complexity index is 128. The molecule has 0 heterocycles. The molecule has 0 amide bonds. The zero-order chi connectivity index (χ0) is 9.50. The molecule has 0 saturated heterocycles. The highest BCUT2D eigenvalue weighted by Crippen LogP contribution is 2.41. The minimum Gasteiger partial charge on any atom is -0.168 e. The first-order valence-electron chi connectivity index (χ1n) is 2.94. The molecule has 0 nitrogen and oxygen atoms in total. The van der Waals surface area contributed by atoms with E-state index in [1.807, 2.05) is 6.55 Å². The number of halogens is 5. The lowest BCUT2D eigenvalue weighted by Crippen LogP contribution is -2.61. The van der Waals surface area contributed by atoms with Gasteiger partial charge in [-0.15, -0.1) is 44.3 Å². The van der Waals surface area contributed by atoms with Gasteiger partial charge in [0.25, 0.3) is 12.4 Å². The summed E-state index contributed by atoms with van der Waals surface area (Å²) in [4.78, 5) is 0. The highest BCUT2D eigenvalue weighted by atomic mass is 35.7. The molecule has 8 heteroatoms. The van der Waals surface area contributed by atoms with Crippen molar-refractivity contribution in [1.29, 1.82) is 0 Å². The van der Waals surface area contributed by atoms with Crippen LogP contribution in [0.5, 0.6) is 0 Å². The second-order valence-corrected chi connectivity index (χ2v) is 40.0. The Hall–Kier alpha value is 2.10. The van der Waals surface area contributed by atoms with Crippen molar-refractivity contribution in [3.8, 4) is 0 Å². The van der Waals surface area contributed by atoms with Gasteiger partial charge < -0.3 is 0 Å². The van der Waals surface area contributed by atoms with Crippen LogP contribution >= 0.6 is 55.4 Å². The van der Waals surface area contributed by atoms with Crippen molar-refractivity contribution < 1.29 is 0 Å². The first-order valence-corrected chi connectivity index (χ1v) is 17.5. The molecule has 0 radical (unpaired) electrons. The molecule has 0 aliphatic carbocycles. The molecule has 0 atom stereocenters. The number of hydrogen-bond acceptors (Lipinski definition) is 0. The Labute approximate surface area is 93.2 Å². The van der Waals surface area contributed by atoms with Gasteiger partial charge in [0.05, 0.1) is 0 Å². The summed E-state index contributed by atoms with van der Waals surface area (Å²) in [5.41, 5.74) is 0. The van der Waals surface area contributed by atoms with Crippen molar-refractivity contribution >= 4 is 74.2 Å². The summed E-state index contributed by atoms with van der Waals surface area (Å²) in [7, 11) is 0. The summed E-state index contributed by atoms with van der Waals surface area (Å²) >= 11 is 30.3. The third kappa shape index (κ3) is 3.06. The monoisotopic (exact) mass is 304 g/mol. The van der Waals surface area contributed by atoms with Crippen molar-refractivity contribution in [1.82, 2.24) is 0 Å². The van der Waals surface area contributed by atoms with Crippen LogP contribution in [0.1, 0.15) is 0 Å². The van der Waals surface area contributed by atoms with Crippen LogP contribution in [0.25, 0.3) is 0 Å². The molecule has 0 aliphatic rings. The fourth-order valence-electron chi connectivity index (χ4n) is 0.385. The van der Waals surface area contributed by atoms with Crippen molar-refractivity contribution in [3.63, 3.8) is 0 Å². The molecule has 11 heavy (non-hydrogen) atoms. The molecule has 0 spiro atoms. The van der Waals surface area contributed by atoms with E-state index in [9.17, 15) is 0 Å². The maximum absolute atomic E-state index is 6.22. The Morgan fingerprint density at radius 1 is 0.636 bits per heavy atom. The Morgan fingerprint density at radius 2 is 0.818 bits per heavy atom. The molecule has 0 rings (SSSR count). The highest BCUT2D eigenvalue weighted by molar-refractivity contribution is 8.06. The fourth-order valence-corrected chi connectivity index (χ4v) is 36.0. The summed E-state index contributed by atoms with van der Waals surface area (Å²) in [6.07, 6.45) is -7.04. The molecule has 68 valence electrons. The molecule has 0 aromatic carbocycles. The van der Waals surface area contributed by atoms with Crippen LogP contribution in [0, 0.1) is 0 Å². The largest absolute Gasteiger partial charge is 0.253 e. The molecule has 0 unspecified atom stereocenters. The highest BCUT2D eigenvalue weighted by Gasteiger charge is 2.59. The SMILES string of the molecule is C[Si](Cl)(Cl)[Si](C)(Cl)[Si](C)(Cl)Cl. The van der Waals surface area contributed by atoms with E-state index >= 15 is 0 Å². The molecule has 0 fully saturated rings. The molecule has 0 aromatic heterocycles. The van der Waals surface area contributed by atoms with Gasteiger partial charge in [0, 0.05) is 0 Å². The minimum absolute atomic E-state index is 1.78. The molecule has 0 aromatic rings. The van der Waals surface area contributed by atoms with Gasteiger partial charge in [-0.3, -0.25) is 0 Å². The van der Waals surface area contributed by atoms with E-state index in [4.69, 9.17) is 55.4 Å². The smallest absolute Gasteiger partial charge is 0.168 e. The van der Waals surface area contributed by atoms with E-state index in [-0.39, 0.29) is 0 Å². The maximum atomic E-state index is 6.22. The maximum Gasteiger partial charge on any atom is 0.253 e. The second-order valence-electron chi connectivity index (χ2n) is 2.78. The minimum atomic E-state index is -2.37. The lowest BCUT2D eigenvalue weighted by Gasteiger charge is -2.33. The lowest BCUT2D eigenvalue weighted by molar-refractivity contribution is 2.14. The fraction of sp³-hybridized carbons (Fsp3) is 1.00. The first kappa shape index (κ1) is 13.1. The van der Waals surface area contributed by atoms with Crippen LogP contribution in [0.3, 0.4) is 0 Å². The molecular formula is C3H9Cl5Si3. The van der Waals surface area contributed by atoms with E-state index in [1.54, 1.807) is 13.1 Å². The average molecular weight is 307 g/mol. The zero-order valence-corrected chi connectivity index (χ0v) is 13.2. The summed E-state index contributed by atoms with van der Waals surface area (Å²) < 4.78 is 0. The van der Waals surface area contributed by atoms with Crippen molar-refractivity contribution in [3.05, 3.63) is 0 Å². The Morgan fingerprint density at radius 3 is 0.818 bits per heavy atom. The third-order valence-electron chi connectivity index (χ3n) is 1.65. The van der Waals surface area contributed by atoms with Gasteiger partial charge in [-0.1, -0.05) is 6.55 Å². The van der Waals surface area contributed by atoms with E-state index < -0.39 is 18.8 Å². The molecule has 0 saturated carbocycles. The lowest BCUT2D eigenvalue weighted by atomic mass is 11.9. The van der Waals surface area contributed by atoms with Crippen molar-refractivity contribution in [2.45, 2.75) is 19.6 Å². The van der Waals surface area contributed by atoms with Gasteiger partial charge in [0.1, 0.15) is 0 Å². The topological polar surface area (TPSA) is 0 Å². The number of hydrogen-bond donors (Lipinski definition) is 0. The van der Waals surface area contributed by atoms with Gasteiger partial charge >= 0.3 is 0 Å². The van der Waals surface area contributed by atoms with Crippen molar-refractivity contribution in [2.24, 2.45) is 0 Å². The summed E-state index contributed by atoms with van der Waals surface area (Å²) in [6, 6.07) is 0. The molecule has 0 aliphatic heterocycles. The van der Waals surface area contributed by atoms with Crippen LogP contribution in [-0.2, 0) is 0 Å². The van der Waals surface area contributed by atoms with Gasteiger partial charge in [-0.2, -0.15) is 11.1 Å². The molecule has 0 N–H and O–H groups in total. The first-order chi connectivity index (χ1) is 4.50. The van der Waals surface area contributed by atoms with Crippen LogP contribution in [0.4, 0.5) is 0 Å². The van der Waals surface area contributed by atoms with Crippen molar-refractivity contribution in [2.75, 3.05) is 0 Å². The predicted octanol–water partition coefficient (Wildman–Crippen LogP) is 4.06. The van der Waals surface area contributed by atoms with Gasteiger partial charge in [-0.05, 0) is 13.1 Å². The predicted molar refractivity (Wildman–Crippen MR) is 64.1 cm³/mol. The molecule has 0 bridgehead atoms. The zero-order valence-electron chi connectivity index (χ0n) is 6.39. The molecular weight excluding hydrogens is 298 g/mol. The van der Waals surface area contributed by atoms with E-state index in [2.05, 4.69) is 0 Å². The summed E-state index contributed by atoms with van der Waals surface area (Å²) in [5, 5.41) is 0. The standard InChI is InChI=1S/C3H9Cl5Si3/c1-9(4,5)11(3,8)10(2,6)7/h1-3H3. The second kappa shape index (κ2) is 3.69. The van der Waals surface area contributed by atoms with Crippen LogP contribution in [0.2, 0.25) is 19.6 Å². The number of rotatable bonds is 2. The average Bonchev–Trinajstić information content (AvgIpc) is 1.58. The Kier molecular flexibility index (Phi) is 4.40. The van der Waals surface area contributed by atoms with Gasteiger partial charge in [0.2, 0.25) is 6.42 Å². The normalized spacial score (nSPS) is 15.3.